The van der Waals surface area contributed by atoms with Crippen molar-refractivity contribution >= 4 is 485 Å². The van der Waals surface area contributed by atoms with Gasteiger partial charge >= 0.3 is 0 Å². The number of hydrogen-bond acceptors (Lipinski definition) is 0. The van der Waals surface area contributed by atoms with Crippen LogP contribution in [-0.4, -0.2) is 235 Å². The molecule has 0 aliphatic rings. The van der Waals surface area contributed by atoms with E-state index in [1.807, 2.05) is 0 Å². The molecule has 0 saturated heterocycles. The second-order valence-corrected chi connectivity index (χ2v) is 27.0. The summed E-state index contributed by atoms with van der Waals surface area (Å²) in [5.74, 6) is 0. The lowest BCUT2D eigenvalue weighted by atomic mass is 9.55. The molecule has 0 heterocycles. The molecule has 0 atom stereocenters. The van der Waals surface area contributed by atoms with Gasteiger partial charge in [0.1, 0.15) is 235 Å². The zero-order valence-electron chi connectivity index (χ0n) is 56.0. The molecule has 30 heteroatoms. The minimum atomic E-state index is 1.39. The zero-order valence-corrected chi connectivity index (χ0v) is 56.0. The molecule has 12 aromatic carbocycles. The Labute approximate surface area is 515 Å². The van der Waals surface area contributed by atoms with Gasteiger partial charge in [-0.15, -0.1) is 32.8 Å². The van der Waals surface area contributed by atoms with Crippen molar-refractivity contribution in [2.24, 2.45) is 0 Å². The van der Waals surface area contributed by atoms with E-state index < -0.39 is 0 Å². The van der Waals surface area contributed by atoms with Crippen LogP contribution in [-0.2, 0) is 0 Å². The van der Waals surface area contributed by atoms with Crippen LogP contribution in [0.1, 0.15) is 0 Å². The van der Waals surface area contributed by atoms with E-state index in [0.717, 1.165) is 0 Å². The van der Waals surface area contributed by atoms with Gasteiger partial charge in [-0.3, -0.25) is 0 Å². The lowest BCUT2D eigenvalue weighted by Crippen LogP contribution is -2.51. The summed E-state index contributed by atoms with van der Waals surface area (Å²) in [6.45, 7) is 0. The van der Waals surface area contributed by atoms with Gasteiger partial charge in [-0.2, -0.15) is 0 Å². The molecular formula is C52H60B30. The van der Waals surface area contributed by atoms with Crippen molar-refractivity contribution < 1.29 is 0 Å². The Morgan fingerprint density at radius 2 is 0.195 bits per heavy atom. The van der Waals surface area contributed by atoms with Gasteiger partial charge in [0.25, 0.3) is 0 Å². The lowest BCUT2D eigenvalue weighted by Gasteiger charge is -2.33. The molecule has 0 aliphatic carbocycles. The van der Waals surface area contributed by atoms with Gasteiger partial charge in [0.15, 0.2) is 0 Å². The Morgan fingerprint density at radius 3 is 0.463 bits per heavy atom. The summed E-state index contributed by atoms with van der Waals surface area (Å²) in [6, 6.07) is 0. The summed E-state index contributed by atoms with van der Waals surface area (Å²) in [7, 11) is 72.7. The zero-order chi connectivity index (χ0) is 60.0. The van der Waals surface area contributed by atoms with Crippen LogP contribution in [0.2, 0.25) is 0 Å². The van der Waals surface area contributed by atoms with Crippen molar-refractivity contribution in [1.29, 1.82) is 0 Å². The monoisotopic (exact) mass is 1010 g/mol. The molecule has 0 unspecified atom stereocenters. The van der Waals surface area contributed by atoms with Crippen molar-refractivity contribution in [3.05, 3.63) is 0 Å². The summed E-state index contributed by atoms with van der Waals surface area (Å²) in [5.41, 5.74) is 50.8. The Balaban J connectivity index is 1.35. The fourth-order valence-electron chi connectivity index (χ4n) is 17.8. The predicted molar refractivity (Wildman–Crippen MR) is 471 cm³/mol. The van der Waals surface area contributed by atoms with Crippen LogP contribution < -0.4 is 164 Å². The molecule has 0 aliphatic heterocycles. The first-order valence-electron chi connectivity index (χ1n) is 30.8. The van der Waals surface area contributed by atoms with Crippen molar-refractivity contribution in [3.8, 4) is 33.4 Å². The summed E-state index contributed by atoms with van der Waals surface area (Å²) < 4.78 is 0. The van der Waals surface area contributed by atoms with Gasteiger partial charge in [0.05, 0.1) is 0 Å². The molecule has 0 aromatic heterocycles. The van der Waals surface area contributed by atoms with Crippen LogP contribution in [0.15, 0.2) is 0 Å². The van der Waals surface area contributed by atoms with Crippen molar-refractivity contribution in [2.75, 3.05) is 0 Å². The Hall–Kier alpha value is -4.81. The van der Waals surface area contributed by atoms with E-state index in [-0.39, 0.29) is 0 Å². The third kappa shape index (κ3) is 6.77. The quantitative estimate of drug-likeness (QED) is 0.122. The molecule has 12 rings (SSSR count). The first kappa shape index (κ1) is 57.6. The molecule has 82 heavy (non-hydrogen) atoms. The predicted octanol–water partition coefficient (Wildman–Crippen LogP) is -37.5. The highest BCUT2D eigenvalue weighted by atomic mass is 14.3. The van der Waals surface area contributed by atoms with Gasteiger partial charge in [-0.25, -0.2) is 0 Å². The van der Waals surface area contributed by atoms with Crippen LogP contribution in [0.5, 0.6) is 0 Å². The molecule has 0 radical (unpaired) electrons. The second kappa shape index (κ2) is 18.8. The second-order valence-electron chi connectivity index (χ2n) is 27.0. The third-order valence-corrected chi connectivity index (χ3v) is 24.3. The Bertz CT molecular complexity index is 5090. The van der Waals surface area contributed by atoms with Crippen LogP contribution in [0.4, 0.5) is 0 Å². The van der Waals surface area contributed by atoms with E-state index in [1.54, 1.807) is 0 Å². The van der Waals surface area contributed by atoms with Gasteiger partial charge in [0.2, 0.25) is 0 Å². The summed E-state index contributed by atoms with van der Waals surface area (Å²) in [6.07, 6.45) is 0. The van der Waals surface area contributed by atoms with E-state index >= 15 is 0 Å². The van der Waals surface area contributed by atoms with Crippen LogP contribution >= 0.6 is 0 Å². The van der Waals surface area contributed by atoms with Gasteiger partial charge < -0.3 is 0 Å². The molecule has 358 valence electrons. The molecule has 0 nitrogen and oxygen atoms in total. The smallest absolute Gasteiger partial charge is 0.101 e. The maximum atomic E-state index is 2.53. The van der Waals surface area contributed by atoms with Crippen molar-refractivity contribution in [2.45, 2.75) is 0 Å². The first-order chi connectivity index (χ1) is 38.3. The fraction of sp³-hybridized carbons (Fsp3) is 0. The summed E-state index contributed by atoms with van der Waals surface area (Å²) in [4.78, 5) is 0. The highest BCUT2D eigenvalue weighted by Gasteiger charge is 2.33. The molecule has 0 saturated carbocycles. The first-order valence-corrected chi connectivity index (χ1v) is 30.8. The van der Waals surface area contributed by atoms with E-state index in [2.05, 4.69) is 235 Å². The largest absolute Gasteiger partial charge is 0.140 e. The maximum absolute atomic E-state index is 2.53. The average Bonchev–Trinajstić information content (AvgIpc) is 0.796. The standard InChI is InChI=1S/C52H60B30/c53-23-7(8-5-1-3-17(36(66)25(5)55)42(72)47(77)44(74)19(3)40(70)38(68)15(1)34(64)28(8)58)13-22(46(76)52(82)51(81)33(13)63)24(54)21(23)14-12-11(31(61)49(79)50(80)32(12)62)10(27(57)30(14)60)9-6-2-4-18(37(67)26(6)56)43(73)48(78)45(75)20(4)41(71)39(69)16(2)35(65)29(9)59/h53-82H2. The Kier molecular flexibility index (Phi) is 13.2. The third-order valence-electron chi connectivity index (χ3n) is 24.3. The molecule has 0 N–H and O–H groups in total. The van der Waals surface area contributed by atoms with E-state index in [4.69, 9.17) is 0 Å². The Morgan fingerprint density at radius 1 is 0.0732 bits per heavy atom. The molecule has 0 amide bonds. The van der Waals surface area contributed by atoms with E-state index in [0.29, 0.717) is 0 Å². The normalized spacial score (nSPS) is 12.1. The highest BCUT2D eigenvalue weighted by Crippen LogP contribution is 2.39. The minimum absolute atomic E-state index is 1.39. The van der Waals surface area contributed by atoms with Crippen LogP contribution in [0, 0.1) is 0 Å². The molecule has 0 fully saturated rings. The summed E-state index contributed by atoms with van der Waals surface area (Å²) >= 11 is 0. The SMILES string of the molecule is Bc1c(B)c(B)c2c(-c3c(B)c(B)c4c(B)c(B)c5c(B)c(B)c(B)c6c(B)c(B)c3c4c56)c(B)c(-c3c(B)c(B)c(-c4c(B)c(B)c5c(B)c(B)c6c(B)c(B)c(B)c7c(B)c(B)c4c5c67)c4c(B)c(B)c(B)c(B)c34)c(B)c2c1B. The molecule has 12 aromatic rings. The molecular weight excluding hydrogens is 949 g/mol. The molecule has 0 bridgehead atoms. The van der Waals surface area contributed by atoms with Crippen molar-refractivity contribution in [3.63, 3.8) is 0 Å². The van der Waals surface area contributed by atoms with E-state index in [1.165, 1.54) is 283 Å². The summed E-state index contributed by atoms with van der Waals surface area (Å²) in [5, 5.41) is 23.2. The van der Waals surface area contributed by atoms with E-state index in [9.17, 15) is 0 Å². The van der Waals surface area contributed by atoms with Gasteiger partial charge in [-0.05, 0) is 120 Å². The average molecular weight is 1010 g/mol. The fourth-order valence-corrected chi connectivity index (χ4v) is 17.8. The number of fused-ring (bicyclic) bond motifs is 2. The number of benzene rings is 12. The minimum Gasteiger partial charge on any atom is -0.101 e. The molecule has 0 spiro atoms. The van der Waals surface area contributed by atoms with Crippen LogP contribution in [0.25, 0.3) is 120 Å². The number of rotatable bonds is 3. The van der Waals surface area contributed by atoms with Crippen molar-refractivity contribution in [1.82, 2.24) is 0 Å². The van der Waals surface area contributed by atoms with Crippen LogP contribution in [0.3, 0.4) is 0 Å². The lowest BCUT2D eigenvalue weighted by molar-refractivity contribution is 1.83. The van der Waals surface area contributed by atoms with Gasteiger partial charge in [0, 0.05) is 0 Å². The highest BCUT2D eigenvalue weighted by molar-refractivity contribution is 6.80. The number of hydrogen-bond donors (Lipinski definition) is 0. The topological polar surface area (TPSA) is 0 Å². The maximum Gasteiger partial charge on any atom is 0.140 e. The van der Waals surface area contributed by atoms with Gasteiger partial charge in [-0.1, -0.05) is 131 Å².